The van der Waals surface area contributed by atoms with Crippen molar-refractivity contribution in [1.82, 2.24) is 4.31 Å². The topological polar surface area (TPSA) is 72.6 Å². The SMILES string of the molecule is CCN(C(C)COC)S(=O)(=O)c1ccccc1N. The molecular weight excluding hydrogens is 252 g/mol. The molecule has 0 spiro atoms. The minimum absolute atomic E-state index is 0.148. The first-order chi connectivity index (χ1) is 8.45. The number of hydrogen-bond acceptors (Lipinski definition) is 4. The predicted molar refractivity (Wildman–Crippen MR) is 71.8 cm³/mol. The van der Waals surface area contributed by atoms with E-state index in [1.807, 2.05) is 6.92 Å². The average Bonchev–Trinajstić information content (AvgIpc) is 2.30. The minimum Gasteiger partial charge on any atom is -0.398 e. The van der Waals surface area contributed by atoms with E-state index in [0.29, 0.717) is 13.2 Å². The highest BCUT2D eigenvalue weighted by molar-refractivity contribution is 7.89. The van der Waals surface area contributed by atoms with Crippen LogP contribution in [0.2, 0.25) is 0 Å². The molecule has 0 aliphatic rings. The van der Waals surface area contributed by atoms with Gasteiger partial charge in [0.1, 0.15) is 4.90 Å². The minimum atomic E-state index is -3.57. The third-order valence-electron chi connectivity index (χ3n) is 2.72. The summed E-state index contributed by atoms with van der Waals surface area (Å²) in [6, 6.07) is 6.25. The Bertz CT molecular complexity index is 488. The lowest BCUT2D eigenvalue weighted by molar-refractivity contribution is 0.142. The van der Waals surface area contributed by atoms with Crippen molar-refractivity contribution < 1.29 is 13.2 Å². The Labute approximate surface area is 109 Å². The maximum atomic E-state index is 12.5. The first-order valence-electron chi connectivity index (χ1n) is 5.80. The van der Waals surface area contributed by atoms with Crippen molar-refractivity contribution in [2.75, 3.05) is 26.0 Å². The van der Waals surface area contributed by atoms with Gasteiger partial charge in [-0.25, -0.2) is 8.42 Å². The Balaban J connectivity index is 3.15. The number of anilines is 1. The lowest BCUT2D eigenvalue weighted by Crippen LogP contribution is -2.41. The third kappa shape index (κ3) is 3.01. The Hall–Kier alpha value is -1.11. The van der Waals surface area contributed by atoms with Crippen LogP contribution < -0.4 is 5.73 Å². The van der Waals surface area contributed by atoms with Crippen molar-refractivity contribution in [2.24, 2.45) is 0 Å². The van der Waals surface area contributed by atoms with Crippen molar-refractivity contribution in [3.8, 4) is 0 Å². The zero-order chi connectivity index (χ0) is 13.8. The summed E-state index contributed by atoms with van der Waals surface area (Å²) >= 11 is 0. The van der Waals surface area contributed by atoms with Gasteiger partial charge >= 0.3 is 0 Å². The molecule has 0 amide bonds. The Morgan fingerprint density at radius 1 is 1.39 bits per heavy atom. The number of sulfonamides is 1. The first kappa shape index (κ1) is 14.9. The highest BCUT2D eigenvalue weighted by atomic mass is 32.2. The van der Waals surface area contributed by atoms with Crippen LogP contribution in [-0.2, 0) is 14.8 Å². The van der Waals surface area contributed by atoms with Crippen molar-refractivity contribution in [1.29, 1.82) is 0 Å². The zero-order valence-electron chi connectivity index (χ0n) is 11.0. The number of nitrogens with zero attached hydrogens (tertiary/aromatic N) is 1. The maximum absolute atomic E-state index is 12.5. The summed E-state index contributed by atoms with van der Waals surface area (Å²) in [6.07, 6.45) is 0. The number of nitrogens with two attached hydrogens (primary N) is 1. The standard InChI is InChI=1S/C12H20N2O3S/c1-4-14(10(2)9-17-3)18(15,16)12-8-6-5-7-11(12)13/h5-8,10H,4,9,13H2,1-3H3. The molecule has 2 N–H and O–H groups in total. The molecule has 0 bridgehead atoms. The fourth-order valence-electron chi connectivity index (χ4n) is 1.88. The highest BCUT2D eigenvalue weighted by Gasteiger charge is 2.28. The molecule has 18 heavy (non-hydrogen) atoms. The Kier molecular flexibility index (Phi) is 5.13. The summed E-state index contributed by atoms with van der Waals surface area (Å²) in [5.74, 6) is 0. The molecule has 0 fully saturated rings. The van der Waals surface area contributed by atoms with Crippen LogP contribution in [0.5, 0.6) is 0 Å². The van der Waals surface area contributed by atoms with E-state index in [2.05, 4.69) is 0 Å². The molecule has 1 atom stereocenters. The van der Waals surface area contributed by atoms with Crippen LogP contribution in [0.3, 0.4) is 0 Å². The molecule has 0 aliphatic heterocycles. The molecule has 102 valence electrons. The summed E-state index contributed by atoms with van der Waals surface area (Å²) in [5.41, 5.74) is 6.00. The van der Waals surface area contributed by atoms with E-state index in [9.17, 15) is 8.42 Å². The van der Waals surface area contributed by atoms with Crippen molar-refractivity contribution >= 4 is 15.7 Å². The smallest absolute Gasteiger partial charge is 0.245 e. The Morgan fingerprint density at radius 2 is 2.00 bits per heavy atom. The van der Waals surface area contributed by atoms with Crippen LogP contribution in [0, 0.1) is 0 Å². The van der Waals surface area contributed by atoms with E-state index >= 15 is 0 Å². The van der Waals surface area contributed by atoms with Gasteiger partial charge in [0.25, 0.3) is 0 Å². The molecular formula is C12H20N2O3S. The van der Waals surface area contributed by atoms with Crippen molar-refractivity contribution in [3.63, 3.8) is 0 Å². The molecule has 0 radical (unpaired) electrons. The summed E-state index contributed by atoms with van der Waals surface area (Å²) in [4.78, 5) is 0.148. The lowest BCUT2D eigenvalue weighted by atomic mass is 10.3. The van der Waals surface area contributed by atoms with Gasteiger partial charge in [-0.3, -0.25) is 0 Å². The van der Waals surface area contributed by atoms with Crippen LogP contribution >= 0.6 is 0 Å². The molecule has 0 aromatic heterocycles. The van der Waals surface area contributed by atoms with E-state index in [4.69, 9.17) is 10.5 Å². The number of likely N-dealkylation sites (N-methyl/N-ethyl adjacent to an activating group) is 1. The predicted octanol–water partition coefficient (Wildman–Crippen LogP) is 1.31. The van der Waals surface area contributed by atoms with Gasteiger partial charge < -0.3 is 10.5 Å². The second kappa shape index (κ2) is 6.17. The maximum Gasteiger partial charge on any atom is 0.245 e. The van der Waals surface area contributed by atoms with Crippen molar-refractivity contribution in [3.05, 3.63) is 24.3 Å². The lowest BCUT2D eigenvalue weighted by Gasteiger charge is -2.27. The first-order valence-corrected chi connectivity index (χ1v) is 7.24. The van der Waals surface area contributed by atoms with Gasteiger partial charge in [-0.1, -0.05) is 19.1 Å². The molecule has 0 heterocycles. The van der Waals surface area contributed by atoms with Gasteiger partial charge in [-0.2, -0.15) is 4.31 Å². The number of methoxy groups -OCH3 is 1. The van der Waals surface area contributed by atoms with Crippen LogP contribution in [0.4, 0.5) is 5.69 Å². The van der Waals surface area contributed by atoms with E-state index in [-0.39, 0.29) is 16.6 Å². The second-order valence-electron chi connectivity index (χ2n) is 4.05. The molecule has 1 rings (SSSR count). The third-order valence-corrected chi connectivity index (χ3v) is 4.88. The molecule has 5 nitrogen and oxygen atoms in total. The monoisotopic (exact) mass is 272 g/mol. The summed E-state index contributed by atoms with van der Waals surface area (Å²) in [6.45, 7) is 4.33. The second-order valence-corrected chi connectivity index (χ2v) is 5.91. The van der Waals surface area contributed by atoms with Gasteiger partial charge in [-0.15, -0.1) is 0 Å². The molecule has 1 unspecified atom stereocenters. The fourth-order valence-corrected chi connectivity index (χ4v) is 3.63. The van der Waals surface area contributed by atoms with E-state index < -0.39 is 10.0 Å². The van der Waals surface area contributed by atoms with Gasteiger partial charge in [0.15, 0.2) is 0 Å². The summed E-state index contributed by atoms with van der Waals surface area (Å²) in [7, 11) is -2.03. The van der Waals surface area contributed by atoms with Gasteiger partial charge in [0.2, 0.25) is 10.0 Å². The van der Waals surface area contributed by atoms with Crippen LogP contribution in [0.25, 0.3) is 0 Å². The Morgan fingerprint density at radius 3 is 2.50 bits per heavy atom. The van der Waals surface area contributed by atoms with Gasteiger partial charge in [-0.05, 0) is 19.1 Å². The number of ether oxygens (including phenoxy) is 1. The van der Waals surface area contributed by atoms with E-state index in [1.54, 1.807) is 32.2 Å². The number of rotatable bonds is 6. The van der Waals surface area contributed by atoms with E-state index in [0.717, 1.165) is 0 Å². The summed E-state index contributed by atoms with van der Waals surface area (Å²) in [5, 5.41) is 0. The average molecular weight is 272 g/mol. The van der Waals surface area contributed by atoms with E-state index in [1.165, 1.54) is 10.4 Å². The molecule has 0 aliphatic carbocycles. The largest absolute Gasteiger partial charge is 0.398 e. The normalized spacial score (nSPS) is 13.8. The number of nitrogen functional groups attached to an aromatic ring is 1. The number of benzene rings is 1. The molecule has 1 aromatic carbocycles. The van der Waals surface area contributed by atoms with Crippen LogP contribution in [0.15, 0.2) is 29.2 Å². The highest BCUT2D eigenvalue weighted by Crippen LogP contribution is 2.23. The quantitative estimate of drug-likeness (QED) is 0.793. The van der Waals surface area contributed by atoms with Crippen LogP contribution in [-0.4, -0.2) is 39.0 Å². The zero-order valence-corrected chi connectivity index (χ0v) is 11.8. The van der Waals surface area contributed by atoms with Crippen molar-refractivity contribution in [2.45, 2.75) is 24.8 Å². The van der Waals surface area contributed by atoms with Gasteiger partial charge in [0, 0.05) is 19.7 Å². The fraction of sp³-hybridized carbons (Fsp3) is 0.500. The molecule has 0 saturated heterocycles. The molecule has 6 heteroatoms. The summed E-state index contributed by atoms with van der Waals surface area (Å²) < 4.78 is 31.4. The van der Waals surface area contributed by atoms with Crippen LogP contribution in [0.1, 0.15) is 13.8 Å². The molecule has 0 saturated carbocycles. The van der Waals surface area contributed by atoms with Gasteiger partial charge in [0.05, 0.1) is 12.3 Å². The molecule has 1 aromatic rings. The number of hydrogen-bond donors (Lipinski definition) is 1. The number of para-hydroxylation sites is 1.